The molecular weight excluding hydrogens is 301 g/mol. The SMILES string of the molecule is BC(=O)C(C)(C)C(C)c1ccc(N2C(=O)CC(C(C)C)C2=O)cc1. The number of hydrogen-bond acceptors (Lipinski definition) is 3. The zero-order valence-corrected chi connectivity index (χ0v) is 15.4. The molecule has 0 spiro atoms. The fraction of sp³-hybridized carbons (Fsp3) is 0.526. The summed E-state index contributed by atoms with van der Waals surface area (Å²) in [4.78, 5) is 37.9. The first kappa shape index (κ1) is 18.4. The van der Waals surface area contributed by atoms with Gasteiger partial charge in [0.15, 0.2) is 7.85 Å². The molecule has 128 valence electrons. The van der Waals surface area contributed by atoms with Crippen molar-refractivity contribution in [2.75, 3.05) is 4.90 Å². The molecule has 1 saturated heterocycles. The maximum atomic E-state index is 12.5. The number of imide groups is 1. The largest absolute Gasteiger partial charge is 0.311 e. The van der Waals surface area contributed by atoms with Gasteiger partial charge < -0.3 is 4.79 Å². The lowest BCUT2D eigenvalue weighted by Gasteiger charge is -2.30. The molecule has 2 rings (SSSR count). The van der Waals surface area contributed by atoms with E-state index in [0.717, 1.165) is 5.56 Å². The average molecular weight is 327 g/mol. The summed E-state index contributed by atoms with van der Waals surface area (Å²) in [6.45, 7) is 9.84. The van der Waals surface area contributed by atoms with E-state index in [4.69, 9.17) is 0 Å². The minimum Gasteiger partial charge on any atom is -0.311 e. The van der Waals surface area contributed by atoms with Gasteiger partial charge >= 0.3 is 0 Å². The number of carbonyl (C=O) groups is 3. The summed E-state index contributed by atoms with van der Waals surface area (Å²) >= 11 is 0. The molecule has 0 aromatic heterocycles. The van der Waals surface area contributed by atoms with Crippen molar-refractivity contribution in [1.82, 2.24) is 0 Å². The second-order valence-corrected chi connectivity index (χ2v) is 7.71. The van der Waals surface area contributed by atoms with Crippen LogP contribution in [0.4, 0.5) is 5.69 Å². The van der Waals surface area contributed by atoms with Gasteiger partial charge in [-0.25, -0.2) is 0 Å². The fourth-order valence-electron chi connectivity index (χ4n) is 3.08. The molecule has 4 nitrogen and oxygen atoms in total. The Labute approximate surface area is 145 Å². The predicted molar refractivity (Wildman–Crippen MR) is 97.6 cm³/mol. The molecule has 1 aliphatic rings. The lowest BCUT2D eigenvalue weighted by atomic mass is 9.67. The van der Waals surface area contributed by atoms with E-state index in [0.29, 0.717) is 5.69 Å². The van der Waals surface area contributed by atoms with Gasteiger partial charge in [-0.05, 0) is 29.5 Å². The summed E-state index contributed by atoms with van der Waals surface area (Å²) in [5, 5.41) is 0. The van der Waals surface area contributed by atoms with E-state index in [-0.39, 0.29) is 41.7 Å². The van der Waals surface area contributed by atoms with E-state index in [1.54, 1.807) is 20.0 Å². The highest BCUT2D eigenvalue weighted by Crippen LogP contribution is 2.37. The average Bonchev–Trinajstić information content (AvgIpc) is 2.81. The molecule has 0 aliphatic carbocycles. The van der Waals surface area contributed by atoms with Crippen LogP contribution >= 0.6 is 0 Å². The number of nitrogens with zero attached hydrogens (tertiary/aromatic N) is 1. The van der Waals surface area contributed by atoms with Crippen LogP contribution in [-0.4, -0.2) is 25.3 Å². The van der Waals surface area contributed by atoms with E-state index in [9.17, 15) is 14.4 Å². The molecule has 1 fully saturated rings. The molecule has 0 bridgehead atoms. The molecule has 2 amide bonds. The van der Waals surface area contributed by atoms with Crippen molar-refractivity contribution in [3.05, 3.63) is 29.8 Å². The monoisotopic (exact) mass is 327 g/mol. The van der Waals surface area contributed by atoms with Gasteiger partial charge in [-0.3, -0.25) is 14.5 Å². The van der Waals surface area contributed by atoms with Crippen molar-refractivity contribution < 1.29 is 14.4 Å². The standard InChI is InChI=1S/C19H26BNO3/c1-11(2)15-10-16(22)21(17(15)23)14-8-6-13(7-9-14)12(3)19(4,5)18(20)24/h6-9,11-12,15H,10,20H2,1-5H3. The lowest BCUT2D eigenvalue weighted by molar-refractivity contribution is -0.123. The van der Waals surface area contributed by atoms with E-state index in [1.165, 1.54) is 4.90 Å². The van der Waals surface area contributed by atoms with Crippen LogP contribution in [0.2, 0.25) is 0 Å². The molecular formula is C19H26BNO3. The summed E-state index contributed by atoms with van der Waals surface area (Å²) in [6, 6.07) is 7.43. The number of anilines is 1. The molecule has 2 unspecified atom stereocenters. The zero-order chi connectivity index (χ0) is 18.2. The third-order valence-electron chi connectivity index (χ3n) is 5.63. The Morgan fingerprint density at radius 2 is 1.71 bits per heavy atom. The highest BCUT2D eigenvalue weighted by molar-refractivity contribution is 6.59. The van der Waals surface area contributed by atoms with Crippen LogP contribution in [0.25, 0.3) is 0 Å². The Morgan fingerprint density at radius 1 is 1.17 bits per heavy atom. The van der Waals surface area contributed by atoms with Gasteiger partial charge in [-0.1, -0.05) is 46.8 Å². The van der Waals surface area contributed by atoms with Crippen LogP contribution < -0.4 is 4.90 Å². The Balaban J connectivity index is 2.26. The van der Waals surface area contributed by atoms with Gasteiger partial charge in [0.2, 0.25) is 11.8 Å². The van der Waals surface area contributed by atoms with Gasteiger partial charge in [-0.2, -0.15) is 0 Å². The van der Waals surface area contributed by atoms with Gasteiger partial charge in [0.1, 0.15) is 0 Å². The summed E-state index contributed by atoms with van der Waals surface area (Å²) in [5.41, 5.74) is 1.33. The molecule has 1 heterocycles. The van der Waals surface area contributed by atoms with Crippen molar-refractivity contribution in [2.45, 2.75) is 47.0 Å². The normalized spacial score (nSPS) is 19.9. The Hall–Kier alpha value is -1.91. The van der Waals surface area contributed by atoms with Crippen molar-refractivity contribution in [2.24, 2.45) is 17.3 Å². The third kappa shape index (κ3) is 3.17. The Kier molecular flexibility index (Phi) is 5.02. The fourth-order valence-corrected chi connectivity index (χ4v) is 3.08. The zero-order valence-electron chi connectivity index (χ0n) is 15.4. The topological polar surface area (TPSA) is 54.5 Å². The number of benzene rings is 1. The highest BCUT2D eigenvalue weighted by atomic mass is 16.2. The predicted octanol–water partition coefficient (Wildman–Crippen LogP) is 2.51. The first-order valence-electron chi connectivity index (χ1n) is 8.55. The Morgan fingerprint density at radius 3 is 2.12 bits per heavy atom. The first-order chi connectivity index (χ1) is 11.1. The number of hydrogen-bond donors (Lipinski definition) is 0. The van der Waals surface area contributed by atoms with E-state index in [1.807, 2.05) is 46.8 Å². The maximum absolute atomic E-state index is 12.5. The number of amides is 2. The number of carbonyl (C=O) groups excluding carboxylic acids is 3. The Bertz CT molecular complexity index is 664. The highest BCUT2D eigenvalue weighted by Gasteiger charge is 2.41. The van der Waals surface area contributed by atoms with Crippen LogP contribution in [0, 0.1) is 17.3 Å². The molecule has 1 aromatic rings. The van der Waals surface area contributed by atoms with E-state index in [2.05, 4.69) is 0 Å². The minimum absolute atomic E-state index is 0.0532. The van der Waals surface area contributed by atoms with Gasteiger partial charge in [-0.15, -0.1) is 0 Å². The summed E-state index contributed by atoms with van der Waals surface area (Å²) in [6.07, 6.45) is 0.284. The van der Waals surface area contributed by atoms with E-state index < -0.39 is 5.41 Å². The molecule has 0 N–H and O–H groups in total. The van der Waals surface area contributed by atoms with Gasteiger partial charge in [0.25, 0.3) is 0 Å². The van der Waals surface area contributed by atoms with Gasteiger partial charge in [0, 0.05) is 11.8 Å². The molecule has 0 saturated carbocycles. The smallest absolute Gasteiger partial charge is 0.237 e. The van der Waals surface area contributed by atoms with Crippen LogP contribution in [0.15, 0.2) is 24.3 Å². The van der Waals surface area contributed by atoms with Crippen LogP contribution in [0.1, 0.15) is 52.5 Å². The van der Waals surface area contributed by atoms with Crippen LogP contribution in [0.5, 0.6) is 0 Å². The minimum atomic E-state index is -0.455. The van der Waals surface area contributed by atoms with Crippen molar-refractivity contribution in [3.63, 3.8) is 0 Å². The summed E-state index contributed by atoms with van der Waals surface area (Å²) < 4.78 is 0. The summed E-state index contributed by atoms with van der Waals surface area (Å²) in [5.74, 6) is -0.268. The molecule has 1 aromatic carbocycles. The lowest BCUT2D eigenvalue weighted by Crippen LogP contribution is -2.32. The van der Waals surface area contributed by atoms with Crippen LogP contribution in [-0.2, 0) is 14.4 Å². The first-order valence-corrected chi connectivity index (χ1v) is 8.55. The van der Waals surface area contributed by atoms with Crippen molar-refractivity contribution in [1.29, 1.82) is 0 Å². The maximum Gasteiger partial charge on any atom is 0.237 e. The number of rotatable bonds is 5. The second-order valence-electron chi connectivity index (χ2n) is 7.71. The molecule has 2 atom stereocenters. The second kappa shape index (κ2) is 6.54. The third-order valence-corrected chi connectivity index (χ3v) is 5.63. The van der Waals surface area contributed by atoms with Crippen molar-refractivity contribution >= 4 is 31.0 Å². The molecule has 0 radical (unpaired) electrons. The molecule has 5 heteroatoms. The molecule has 1 aliphatic heterocycles. The van der Waals surface area contributed by atoms with E-state index >= 15 is 0 Å². The van der Waals surface area contributed by atoms with Gasteiger partial charge in [0.05, 0.1) is 17.3 Å². The molecule has 24 heavy (non-hydrogen) atoms. The van der Waals surface area contributed by atoms with Crippen molar-refractivity contribution in [3.8, 4) is 0 Å². The summed E-state index contributed by atoms with van der Waals surface area (Å²) in [7, 11) is 1.61. The van der Waals surface area contributed by atoms with Crippen LogP contribution in [0.3, 0.4) is 0 Å². The quantitative estimate of drug-likeness (QED) is 0.617.